The monoisotopic (exact) mass is 1150 g/mol. The van der Waals surface area contributed by atoms with Gasteiger partial charge in [0.1, 0.15) is 48.0 Å². The van der Waals surface area contributed by atoms with Gasteiger partial charge in [0.05, 0.1) is 31.7 Å². The number of nitrogen functional groups attached to an aromatic ring is 1. The average Bonchev–Trinajstić information content (AvgIpc) is 4.01. The van der Waals surface area contributed by atoms with Crippen LogP contribution < -0.4 is 41.8 Å². The van der Waals surface area contributed by atoms with Crippen LogP contribution in [0.15, 0.2) is 93.6 Å². The molecule has 77 heavy (non-hydrogen) atoms. The number of benzene rings is 2. The Labute approximate surface area is 450 Å². The van der Waals surface area contributed by atoms with Crippen molar-refractivity contribution in [3.8, 4) is 36.2 Å². The van der Waals surface area contributed by atoms with Gasteiger partial charge in [-0.1, -0.05) is 48.2 Å². The number of carbonyl (C=O) groups is 2. The van der Waals surface area contributed by atoms with Crippen LogP contribution in [0.3, 0.4) is 0 Å². The highest BCUT2D eigenvalue weighted by molar-refractivity contribution is 8.09. The maximum absolute atomic E-state index is 12.5. The third-order valence-corrected chi connectivity index (χ3v) is 16.1. The van der Waals surface area contributed by atoms with Crippen LogP contribution in [0.5, 0.6) is 11.5 Å². The molecule has 2 aliphatic rings. The van der Waals surface area contributed by atoms with Crippen molar-refractivity contribution in [1.82, 2.24) is 39.2 Å². The van der Waals surface area contributed by atoms with Crippen LogP contribution in [-0.4, -0.2) is 135 Å². The Bertz CT molecular complexity index is 3260. The van der Waals surface area contributed by atoms with E-state index in [1.165, 1.54) is 17.8 Å². The zero-order valence-electron chi connectivity index (χ0n) is 42.0. The maximum Gasteiger partial charge on any atom is 0.330 e. The van der Waals surface area contributed by atoms with E-state index in [9.17, 15) is 44.4 Å². The Morgan fingerprint density at radius 2 is 1.21 bits per heavy atom. The Balaban J connectivity index is 0.000000250. The molecule has 2 aromatic carbocycles. The van der Waals surface area contributed by atoms with E-state index in [0.29, 0.717) is 11.5 Å². The van der Waals surface area contributed by atoms with Crippen molar-refractivity contribution >= 4 is 65.9 Å². The van der Waals surface area contributed by atoms with Gasteiger partial charge in [0, 0.05) is 12.3 Å². The molecular formula is C47H57N9O17P2S2. The number of esters is 2. The van der Waals surface area contributed by atoms with Gasteiger partial charge in [-0.2, -0.15) is 4.98 Å². The molecule has 0 saturated carbocycles. The van der Waals surface area contributed by atoms with Gasteiger partial charge >= 0.3 is 30.9 Å². The lowest BCUT2D eigenvalue weighted by Crippen LogP contribution is -2.48. The number of rotatable bonds is 20. The number of hydrogen-bond acceptors (Lipinski definition) is 22. The van der Waals surface area contributed by atoms with E-state index in [1.807, 2.05) is 4.98 Å². The van der Waals surface area contributed by atoms with E-state index >= 15 is 0 Å². The van der Waals surface area contributed by atoms with Gasteiger partial charge in [0.25, 0.3) is 11.1 Å². The number of imidazole rings is 1. The van der Waals surface area contributed by atoms with Crippen molar-refractivity contribution in [2.24, 2.45) is 0 Å². The Morgan fingerprint density at radius 1 is 0.766 bits per heavy atom. The molecule has 2 fully saturated rings. The number of hydrogen-bond donors (Lipinski definition) is 9. The molecular weight excluding hydrogens is 1090 g/mol. The number of aliphatic hydroxyl groups is 4. The van der Waals surface area contributed by atoms with Crippen molar-refractivity contribution in [3.05, 3.63) is 110 Å². The van der Waals surface area contributed by atoms with Gasteiger partial charge in [0.2, 0.25) is 5.95 Å². The summed E-state index contributed by atoms with van der Waals surface area (Å²) in [6, 6.07) is 16.3. The molecule has 414 valence electrons. The van der Waals surface area contributed by atoms with Crippen molar-refractivity contribution in [2.45, 2.75) is 114 Å². The number of H-pyrrole nitrogens is 2. The molecule has 5 heterocycles. The third kappa shape index (κ3) is 14.3. The number of nitrogens with two attached hydrogens (primary N) is 1. The number of aromatic nitrogens is 6. The zero-order chi connectivity index (χ0) is 56.6. The Morgan fingerprint density at radius 3 is 1.62 bits per heavy atom. The second-order valence-corrected chi connectivity index (χ2v) is 24.0. The molecule has 0 amide bonds. The summed E-state index contributed by atoms with van der Waals surface area (Å²) in [7, 11) is 0. The van der Waals surface area contributed by atoms with E-state index in [1.54, 1.807) is 95.3 Å². The van der Waals surface area contributed by atoms with Crippen LogP contribution in [0.1, 0.15) is 54.0 Å². The van der Waals surface area contributed by atoms with Gasteiger partial charge < -0.3 is 63.2 Å². The van der Waals surface area contributed by atoms with Crippen LogP contribution in [-0.2, 0) is 61.2 Å². The summed E-state index contributed by atoms with van der Waals surface area (Å²) in [5, 5.41) is 49.8. The minimum absolute atomic E-state index is 0.0228. The summed E-state index contributed by atoms with van der Waals surface area (Å²) in [5.74, 6) is 3.59. The summed E-state index contributed by atoms with van der Waals surface area (Å²) in [5.41, 5.74) is -1.25. The summed E-state index contributed by atoms with van der Waals surface area (Å²) >= 11 is 11.3. The first kappa shape index (κ1) is 60.1. The number of aromatic amines is 2. The van der Waals surface area contributed by atoms with Crippen LogP contribution in [0, 0.1) is 24.7 Å². The molecule has 3 aromatic heterocycles. The molecule has 30 heteroatoms. The van der Waals surface area contributed by atoms with Gasteiger partial charge in [-0.05, 0) is 89.4 Å². The summed E-state index contributed by atoms with van der Waals surface area (Å²) in [6.45, 7) is 2.07. The van der Waals surface area contributed by atoms with Crippen molar-refractivity contribution in [1.29, 1.82) is 0 Å². The first-order valence-corrected chi connectivity index (χ1v) is 28.6. The molecule has 2 aliphatic heterocycles. The smallest absolute Gasteiger partial charge is 0.330 e. The van der Waals surface area contributed by atoms with Crippen LogP contribution in [0.4, 0.5) is 5.95 Å². The number of fused-ring (bicyclic) bond motifs is 1. The molecule has 7 rings (SSSR count). The van der Waals surface area contributed by atoms with E-state index in [4.69, 9.17) is 79.2 Å². The largest absolute Gasteiger partial charge is 0.462 e. The van der Waals surface area contributed by atoms with Gasteiger partial charge in [0.15, 0.2) is 34.8 Å². The highest BCUT2D eigenvalue weighted by Crippen LogP contribution is 2.49. The molecule has 2 saturated heterocycles. The number of ether oxygens (including phenoxy) is 4. The maximum atomic E-state index is 12.5. The van der Waals surface area contributed by atoms with Crippen LogP contribution in [0.2, 0.25) is 0 Å². The molecule has 2 unspecified atom stereocenters. The minimum Gasteiger partial charge on any atom is -0.462 e. The van der Waals surface area contributed by atoms with Gasteiger partial charge in [-0.3, -0.25) is 38.3 Å². The molecule has 0 bridgehead atoms. The first-order valence-electron chi connectivity index (χ1n) is 23.3. The standard InChI is InChI=1S/C24H29N6O8PS.C23H28N3O9PS/c1-5-24(34)18(31)16(37-22(24)30-12-26-17-19(30)27-23(25)28-20(17)32)11-35-39(40,38-15-9-7-6-8-10-15)29-14(4)21(33)36-13(2)3;1-5-23(31)19(28)17(34-21(23)26-12-11-18(27)24-22(26)30)13-32-36(37,35-16-9-7-6-8-10-16)25-15(4)20(29)33-14(2)3/h1,6-10,12-14,16,18,22,31,34H,11H2,2-4H3,(H,29,40)(H3,25,27,28,32);1,6-12,14-15,17,19,21,28,31H,13H2,2-4H3,(H,25,37)(H,24,27,30)/t14-,16+,18+,22+,24+,39?;15-,17+,19+,21+,23+,36?/m00/s1. The predicted molar refractivity (Wildman–Crippen MR) is 284 cm³/mol. The number of terminal acetylenes is 2. The third-order valence-electron chi connectivity index (χ3n) is 11.1. The lowest BCUT2D eigenvalue weighted by molar-refractivity contribution is -0.149. The van der Waals surface area contributed by atoms with Crippen LogP contribution >= 0.6 is 13.3 Å². The summed E-state index contributed by atoms with van der Waals surface area (Å²) < 4.78 is 47.8. The van der Waals surface area contributed by atoms with Crippen molar-refractivity contribution in [3.63, 3.8) is 0 Å². The van der Waals surface area contributed by atoms with Crippen LogP contribution in [0.25, 0.3) is 11.2 Å². The fourth-order valence-corrected chi connectivity index (χ4v) is 12.2. The van der Waals surface area contributed by atoms with Crippen molar-refractivity contribution in [2.75, 3.05) is 18.9 Å². The first-order chi connectivity index (χ1) is 36.2. The SMILES string of the molecule is C#C[C@@]1(O)[C@H](O)[C@@H](COP(=S)(N[C@@H](C)C(=O)OC(C)C)Oc2ccccc2)O[C@H]1n1ccc(=O)[nH]c1=O.C#C[C@@]1(O)[C@H](O)[C@@H](COP(=S)(N[C@@H](C)C(=O)OC(C)C)Oc2ccccc2)O[C@H]1n1cnc2c(=O)[nH]c(N)nc21. The molecule has 0 spiro atoms. The predicted octanol–water partition coefficient (Wildman–Crippen LogP) is 0.983. The second-order valence-electron chi connectivity index (χ2n) is 17.7. The average molecular weight is 1150 g/mol. The van der Waals surface area contributed by atoms with Gasteiger partial charge in [-0.25, -0.2) is 20.0 Å². The fraction of sp³-hybridized carbons (Fsp3) is 0.426. The number of nitrogens with zero attached hydrogens (tertiary/aromatic N) is 4. The fourth-order valence-electron chi connectivity index (χ4n) is 7.41. The summed E-state index contributed by atoms with van der Waals surface area (Å²) in [4.78, 5) is 73.2. The summed E-state index contributed by atoms with van der Waals surface area (Å²) in [6.07, 6.45) is 3.76. The van der Waals surface area contributed by atoms with E-state index in [0.717, 1.165) is 16.8 Å². The Hall–Kier alpha value is -6.17. The lowest BCUT2D eigenvalue weighted by Gasteiger charge is -2.28. The highest BCUT2D eigenvalue weighted by atomic mass is 32.5. The molecule has 26 nitrogen and oxygen atoms in total. The second kappa shape index (κ2) is 25.1. The van der Waals surface area contributed by atoms with E-state index in [2.05, 4.69) is 37.0 Å². The molecule has 0 radical (unpaired) electrons. The number of nitrogens with one attached hydrogen (secondary N) is 4. The number of anilines is 1. The minimum atomic E-state index is -3.49. The zero-order valence-corrected chi connectivity index (χ0v) is 45.4. The molecule has 0 aliphatic carbocycles. The molecule has 12 atom stereocenters. The normalized spacial score (nSPS) is 25.3. The number of para-hydroxylation sites is 2. The topological polar surface area (TPSA) is 357 Å². The molecule has 10 N–H and O–H groups in total. The molecule has 5 aromatic rings. The van der Waals surface area contributed by atoms with Gasteiger partial charge in [-0.15, -0.1) is 12.8 Å². The quantitative estimate of drug-likeness (QED) is 0.0298. The number of aliphatic hydroxyl groups excluding tert-OH is 2. The van der Waals surface area contributed by atoms with Crippen molar-refractivity contribution < 1.29 is 67.1 Å². The van der Waals surface area contributed by atoms with E-state index in [-0.39, 0.29) is 29.3 Å². The van der Waals surface area contributed by atoms with E-state index < -0.39 is 115 Å². The Kier molecular flexibility index (Phi) is 19.6. The lowest BCUT2D eigenvalue weighted by atomic mass is 9.95. The highest BCUT2D eigenvalue weighted by Gasteiger charge is 2.58. The number of carbonyl (C=O) groups excluding carboxylic acids is 2.